The summed E-state index contributed by atoms with van der Waals surface area (Å²) in [5, 5.41) is 16.7. The lowest BCUT2D eigenvalue weighted by molar-refractivity contribution is 0.122. The number of aromatic nitrogens is 4. The number of ether oxygens (including phenoxy) is 2. The average molecular weight is 540 g/mol. The number of phenols is 1. The van der Waals surface area contributed by atoms with Gasteiger partial charge in [0.15, 0.2) is 5.82 Å². The number of benzene rings is 2. The monoisotopic (exact) mass is 539 g/mol. The van der Waals surface area contributed by atoms with Gasteiger partial charge in [-0.2, -0.15) is 4.98 Å². The van der Waals surface area contributed by atoms with Crippen molar-refractivity contribution in [2.75, 3.05) is 48.9 Å². The largest absolute Gasteiger partial charge is 0.506 e. The molecule has 1 aliphatic heterocycles. The molecule has 1 saturated heterocycles. The van der Waals surface area contributed by atoms with Crippen LogP contribution in [0.3, 0.4) is 0 Å². The number of morpholine rings is 1. The number of halogens is 2. The molecule has 12 heteroatoms. The van der Waals surface area contributed by atoms with Gasteiger partial charge in [0.1, 0.15) is 33.7 Å². The van der Waals surface area contributed by atoms with Gasteiger partial charge in [0, 0.05) is 36.7 Å². The average Bonchev–Trinajstić information content (AvgIpc) is 2.94. The Kier molecular flexibility index (Phi) is 7.40. The van der Waals surface area contributed by atoms with Crippen LogP contribution < -0.4 is 20.3 Å². The molecule has 0 atom stereocenters. The molecule has 10 nitrogen and oxygen atoms in total. The fourth-order valence-corrected chi connectivity index (χ4v) is 4.37. The molecule has 1 fully saturated rings. The van der Waals surface area contributed by atoms with E-state index in [1.54, 1.807) is 18.3 Å². The molecule has 0 amide bonds. The van der Waals surface area contributed by atoms with Crippen LogP contribution >= 0.6 is 23.2 Å². The third-order valence-electron chi connectivity index (χ3n) is 5.73. The van der Waals surface area contributed by atoms with Gasteiger partial charge in [-0.15, -0.1) is 0 Å². The number of pyridine rings is 1. The van der Waals surface area contributed by atoms with Crippen molar-refractivity contribution in [1.82, 2.24) is 19.9 Å². The Balaban J connectivity index is 1.39. The predicted molar refractivity (Wildman–Crippen MR) is 144 cm³/mol. The van der Waals surface area contributed by atoms with Crippen molar-refractivity contribution in [3.63, 3.8) is 0 Å². The molecule has 0 unspecified atom stereocenters. The van der Waals surface area contributed by atoms with Gasteiger partial charge in [0.2, 0.25) is 5.95 Å². The summed E-state index contributed by atoms with van der Waals surface area (Å²) in [7, 11) is 1.44. The minimum Gasteiger partial charge on any atom is -0.506 e. The van der Waals surface area contributed by atoms with Crippen molar-refractivity contribution in [2.24, 2.45) is 0 Å². The maximum Gasteiger partial charge on any atom is 0.230 e. The third-order valence-corrected chi connectivity index (χ3v) is 6.49. The SMILES string of the molecule is COc1cc(O)c(Cl)c(Nc2ncccc2-c2ncnc(Nc3ccc(N4CCOCC4)cc3)n2)c1Cl. The van der Waals surface area contributed by atoms with Crippen molar-refractivity contribution in [3.05, 3.63) is 65.0 Å². The first-order chi connectivity index (χ1) is 18.0. The highest BCUT2D eigenvalue weighted by molar-refractivity contribution is 6.41. The second-order valence-corrected chi connectivity index (χ2v) is 8.79. The number of methoxy groups -OCH3 is 1. The summed E-state index contributed by atoms with van der Waals surface area (Å²) in [5.41, 5.74) is 2.79. The second kappa shape index (κ2) is 11.0. The van der Waals surface area contributed by atoms with Crippen LogP contribution in [0.15, 0.2) is 55.0 Å². The highest BCUT2D eigenvalue weighted by Gasteiger charge is 2.19. The number of hydrogen-bond donors (Lipinski definition) is 3. The van der Waals surface area contributed by atoms with E-state index in [1.165, 1.54) is 19.5 Å². The van der Waals surface area contributed by atoms with Crippen LogP contribution in [-0.2, 0) is 4.74 Å². The summed E-state index contributed by atoms with van der Waals surface area (Å²) in [6.45, 7) is 3.21. The smallest absolute Gasteiger partial charge is 0.230 e. The van der Waals surface area contributed by atoms with Crippen molar-refractivity contribution in [1.29, 1.82) is 0 Å². The molecule has 0 saturated carbocycles. The summed E-state index contributed by atoms with van der Waals surface area (Å²) in [6.07, 6.45) is 3.02. The van der Waals surface area contributed by atoms with Crippen LogP contribution in [-0.4, -0.2) is 58.5 Å². The van der Waals surface area contributed by atoms with Gasteiger partial charge < -0.3 is 30.1 Å². The molecule has 0 radical (unpaired) electrons. The Morgan fingerprint density at radius 2 is 1.78 bits per heavy atom. The number of anilines is 5. The number of aromatic hydroxyl groups is 1. The van der Waals surface area contributed by atoms with Gasteiger partial charge in [0.25, 0.3) is 0 Å². The van der Waals surface area contributed by atoms with Crippen LogP contribution in [0.4, 0.5) is 28.8 Å². The Bertz CT molecular complexity index is 1400. The maximum atomic E-state index is 10.2. The molecule has 1 aliphatic rings. The Labute approximate surface area is 223 Å². The highest BCUT2D eigenvalue weighted by Crippen LogP contribution is 2.45. The lowest BCUT2D eigenvalue weighted by Crippen LogP contribution is -2.36. The molecular weight excluding hydrogens is 517 g/mol. The normalized spacial score (nSPS) is 13.3. The van der Waals surface area contributed by atoms with Crippen LogP contribution in [0.2, 0.25) is 10.0 Å². The van der Waals surface area contributed by atoms with E-state index in [0.29, 0.717) is 23.2 Å². The first-order valence-electron chi connectivity index (χ1n) is 11.4. The van der Waals surface area contributed by atoms with E-state index in [9.17, 15) is 5.11 Å². The molecule has 0 spiro atoms. The minimum atomic E-state index is -0.186. The second-order valence-electron chi connectivity index (χ2n) is 8.03. The van der Waals surface area contributed by atoms with Gasteiger partial charge in [-0.1, -0.05) is 23.2 Å². The number of phenolic OH excluding ortho intramolecular Hbond substituents is 1. The first-order valence-corrected chi connectivity index (χ1v) is 12.1. The van der Waals surface area contributed by atoms with Crippen LogP contribution in [0.25, 0.3) is 11.4 Å². The van der Waals surface area contributed by atoms with E-state index < -0.39 is 0 Å². The summed E-state index contributed by atoms with van der Waals surface area (Å²) in [4.78, 5) is 19.8. The topological polar surface area (TPSA) is 118 Å². The molecule has 37 heavy (non-hydrogen) atoms. The number of nitrogens with one attached hydrogen (secondary N) is 2. The lowest BCUT2D eigenvalue weighted by atomic mass is 10.2. The molecule has 2 aromatic carbocycles. The first kappa shape index (κ1) is 24.8. The van der Waals surface area contributed by atoms with Crippen LogP contribution in [0, 0.1) is 0 Å². The molecule has 0 aliphatic carbocycles. The third kappa shape index (κ3) is 5.46. The number of rotatable bonds is 7. The molecular formula is C25H23Cl2N7O3. The van der Waals surface area contributed by atoms with Crippen molar-refractivity contribution in [3.8, 4) is 22.9 Å². The Hall–Kier alpha value is -3.86. The molecule has 4 aromatic rings. The molecule has 2 aromatic heterocycles. The molecule has 5 rings (SSSR count). The zero-order chi connectivity index (χ0) is 25.8. The van der Waals surface area contributed by atoms with Gasteiger partial charge >= 0.3 is 0 Å². The number of nitrogens with zero attached hydrogens (tertiary/aromatic N) is 5. The number of hydrogen-bond acceptors (Lipinski definition) is 10. The summed E-state index contributed by atoms with van der Waals surface area (Å²) >= 11 is 12.8. The summed E-state index contributed by atoms with van der Waals surface area (Å²) in [6, 6.07) is 13.0. The van der Waals surface area contributed by atoms with Crippen LogP contribution in [0.5, 0.6) is 11.5 Å². The van der Waals surface area contributed by atoms with Crippen molar-refractivity contribution >= 4 is 52.0 Å². The fraction of sp³-hybridized carbons (Fsp3) is 0.200. The van der Waals surface area contributed by atoms with Crippen molar-refractivity contribution < 1.29 is 14.6 Å². The minimum absolute atomic E-state index is 0.0286. The lowest BCUT2D eigenvalue weighted by Gasteiger charge is -2.28. The van der Waals surface area contributed by atoms with E-state index in [2.05, 4.69) is 47.6 Å². The van der Waals surface area contributed by atoms with Gasteiger partial charge in [0.05, 0.1) is 31.6 Å². The zero-order valence-corrected chi connectivity index (χ0v) is 21.3. The molecule has 3 N–H and O–H groups in total. The van der Waals surface area contributed by atoms with E-state index in [0.717, 1.165) is 37.7 Å². The maximum absolute atomic E-state index is 10.2. The van der Waals surface area contributed by atoms with Gasteiger partial charge in [-0.25, -0.2) is 15.0 Å². The Morgan fingerprint density at radius 1 is 1.00 bits per heavy atom. The van der Waals surface area contributed by atoms with E-state index in [-0.39, 0.29) is 27.2 Å². The highest BCUT2D eigenvalue weighted by atomic mass is 35.5. The Morgan fingerprint density at radius 3 is 2.54 bits per heavy atom. The predicted octanol–water partition coefficient (Wildman–Crippen LogP) is 5.28. The zero-order valence-electron chi connectivity index (χ0n) is 19.8. The van der Waals surface area contributed by atoms with E-state index in [4.69, 9.17) is 32.7 Å². The van der Waals surface area contributed by atoms with E-state index >= 15 is 0 Å². The molecule has 0 bridgehead atoms. The quantitative estimate of drug-likeness (QED) is 0.286. The summed E-state index contributed by atoms with van der Waals surface area (Å²) < 4.78 is 10.7. The standard InChI is InChI=1S/C25H23Cl2N7O3/c1-36-19-13-18(35)20(26)22(21(19)27)32-23-17(3-2-8-28-23)24-29-14-30-25(33-24)31-15-4-6-16(7-5-15)34-9-11-37-12-10-34/h2-8,13-14,35H,9-12H2,1H3,(H,28,32)(H,29,30,31,33). The van der Waals surface area contributed by atoms with Gasteiger partial charge in [-0.05, 0) is 36.4 Å². The van der Waals surface area contributed by atoms with Crippen molar-refractivity contribution in [2.45, 2.75) is 0 Å². The van der Waals surface area contributed by atoms with Crippen LogP contribution in [0.1, 0.15) is 0 Å². The molecule has 3 heterocycles. The van der Waals surface area contributed by atoms with Gasteiger partial charge in [-0.3, -0.25) is 0 Å². The van der Waals surface area contributed by atoms with E-state index in [1.807, 2.05) is 12.1 Å². The fourth-order valence-electron chi connectivity index (χ4n) is 3.85. The summed E-state index contributed by atoms with van der Waals surface area (Å²) in [5.74, 6) is 1.20. The molecule has 190 valence electrons.